The molecule has 6 nitrogen and oxygen atoms in total. The van der Waals surface area contributed by atoms with Gasteiger partial charge >= 0.3 is 6.36 Å². The van der Waals surface area contributed by atoms with Crippen molar-refractivity contribution in [2.24, 2.45) is 0 Å². The number of nitrogens with zero attached hydrogens (tertiary/aromatic N) is 3. The molecule has 0 bridgehead atoms. The van der Waals surface area contributed by atoms with Gasteiger partial charge in [-0.3, -0.25) is 4.98 Å². The highest BCUT2D eigenvalue weighted by Gasteiger charge is 2.31. The Balaban J connectivity index is 1.50. The third-order valence-corrected chi connectivity index (χ3v) is 4.55. The van der Waals surface area contributed by atoms with Gasteiger partial charge in [0.2, 0.25) is 5.95 Å². The van der Waals surface area contributed by atoms with Crippen molar-refractivity contribution in [2.75, 3.05) is 10.6 Å². The number of anilines is 4. The fraction of sp³-hybridized carbons (Fsp3) is 0.0500. The zero-order valence-electron chi connectivity index (χ0n) is 15.1. The lowest BCUT2D eigenvalue weighted by Gasteiger charge is -2.12. The van der Waals surface area contributed by atoms with Crippen molar-refractivity contribution in [3.8, 4) is 5.75 Å². The van der Waals surface area contributed by atoms with E-state index in [1.807, 2.05) is 30.3 Å². The standard InChI is InChI=1S/C20H13BrF3N5O/c21-15-10-13(5-6-17(15)30-20(22,23)24)28-19-25-8-7-18(29-19)27-14-9-12-3-1-2-4-16(12)26-11-14/h1-11H,(H2,25,27,28,29). The highest BCUT2D eigenvalue weighted by Crippen LogP contribution is 2.33. The lowest BCUT2D eigenvalue weighted by Crippen LogP contribution is -2.17. The molecular formula is C20H13BrF3N5O. The van der Waals surface area contributed by atoms with Gasteiger partial charge in [0.25, 0.3) is 0 Å². The summed E-state index contributed by atoms with van der Waals surface area (Å²) in [5.41, 5.74) is 2.13. The molecule has 2 aromatic carbocycles. The van der Waals surface area contributed by atoms with Crippen LogP contribution >= 0.6 is 15.9 Å². The summed E-state index contributed by atoms with van der Waals surface area (Å²) in [7, 11) is 0. The molecule has 0 amide bonds. The molecular weight excluding hydrogens is 463 g/mol. The molecule has 30 heavy (non-hydrogen) atoms. The summed E-state index contributed by atoms with van der Waals surface area (Å²) >= 11 is 3.07. The molecule has 0 aliphatic carbocycles. The van der Waals surface area contributed by atoms with Crippen molar-refractivity contribution in [2.45, 2.75) is 6.36 Å². The number of aromatic nitrogens is 3. The van der Waals surface area contributed by atoms with E-state index in [4.69, 9.17) is 0 Å². The summed E-state index contributed by atoms with van der Waals surface area (Å²) in [6.07, 6.45) is -1.51. The molecule has 0 saturated carbocycles. The predicted octanol–water partition coefficient (Wildman–Crippen LogP) is 6.17. The number of alkyl halides is 3. The molecule has 2 aromatic heterocycles. The van der Waals surface area contributed by atoms with E-state index in [0.717, 1.165) is 16.6 Å². The molecule has 0 radical (unpaired) electrons. The lowest BCUT2D eigenvalue weighted by molar-refractivity contribution is -0.274. The van der Waals surface area contributed by atoms with Gasteiger partial charge in [0.1, 0.15) is 11.6 Å². The SMILES string of the molecule is FC(F)(F)Oc1ccc(Nc2nccc(Nc3cnc4ccccc4c3)n2)cc1Br. The van der Waals surface area contributed by atoms with E-state index in [1.54, 1.807) is 18.5 Å². The van der Waals surface area contributed by atoms with Gasteiger partial charge in [-0.15, -0.1) is 13.2 Å². The number of fused-ring (bicyclic) bond motifs is 1. The van der Waals surface area contributed by atoms with Gasteiger partial charge in [-0.25, -0.2) is 4.98 Å². The molecule has 10 heteroatoms. The van der Waals surface area contributed by atoms with Crippen molar-refractivity contribution >= 4 is 50.0 Å². The van der Waals surface area contributed by atoms with Crippen LogP contribution in [0, 0.1) is 0 Å². The van der Waals surface area contributed by atoms with Gasteiger partial charge in [-0.05, 0) is 52.3 Å². The topological polar surface area (TPSA) is 72.0 Å². The molecule has 0 fully saturated rings. The smallest absolute Gasteiger partial charge is 0.405 e. The largest absolute Gasteiger partial charge is 0.573 e. The second kappa shape index (κ2) is 8.15. The number of para-hydroxylation sites is 1. The summed E-state index contributed by atoms with van der Waals surface area (Å²) in [5, 5.41) is 7.09. The number of ether oxygens (including phenoxy) is 1. The third kappa shape index (κ3) is 4.95. The number of benzene rings is 2. The average molecular weight is 476 g/mol. The Morgan fingerprint density at radius 3 is 2.53 bits per heavy atom. The highest BCUT2D eigenvalue weighted by molar-refractivity contribution is 9.10. The van der Waals surface area contributed by atoms with Crippen LogP contribution in [0.4, 0.5) is 36.3 Å². The Labute approximate surface area is 177 Å². The van der Waals surface area contributed by atoms with Crippen LogP contribution in [-0.2, 0) is 0 Å². The summed E-state index contributed by atoms with van der Waals surface area (Å²) < 4.78 is 41.2. The minimum Gasteiger partial charge on any atom is -0.405 e. The first kappa shape index (κ1) is 19.9. The predicted molar refractivity (Wildman–Crippen MR) is 111 cm³/mol. The van der Waals surface area contributed by atoms with Crippen LogP contribution in [0.5, 0.6) is 5.75 Å². The number of rotatable bonds is 5. The number of hydrogen-bond donors (Lipinski definition) is 2. The first-order valence-corrected chi connectivity index (χ1v) is 9.42. The maximum Gasteiger partial charge on any atom is 0.573 e. The van der Waals surface area contributed by atoms with Gasteiger partial charge in [-0.2, -0.15) is 4.98 Å². The van der Waals surface area contributed by atoms with Crippen LogP contribution in [0.1, 0.15) is 0 Å². The van der Waals surface area contributed by atoms with Gasteiger partial charge in [0.05, 0.1) is 21.9 Å². The molecule has 0 saturated heterocycles. The van der Waals surface area contributed by atoms with Crippen LogP contribution < -0.4 is 15.4 Å². The Bertz CT molecular complexity index is 1200. The van der Waals surface area contributed by atoms with Crippen LogP contribution in [0.2, 0.25) is 0 Å². The Morgan fingerprint density at radius 1 is 0.900 bits per heavy atom. The molecule has 0 aliphatic heterocycles. The van der Waals surface area contributed by atoms with Gasteiger partial charge in [-0.1, -0.05) is 18.2 Å². The van der Waals surface area contributed by atoms with E-state index in [-0.39, 0.29) is 16.2 Å². The molecule has 2 heterocycles. The molecule has 4 aromatic rings. The average Bonchev–Trinajstić information content (AvgIpc) is 2.69. The maximum atomic E-state index is 12.4. The molecule has 4 rings (SSSR count). The summed E-state index contributed by atoms with van der Waals surface area (Å²) in [6.45, 7) is 0. The lowest BCUT2D eigenvalue weighted by atomic mass is 10.2. The zero-order valence-corrected chi connectivity index (χ0v) is 16.7. The van der Waals surface area contributed by atoms with E-state index >= 15 is 0 Å². The van der Waals surface area contributed by atoms with E-state index in [9.17, 15) is 13.2 Å². The molecule has 0 atom stereocenters. The normalized spacial score (nSPS) is 11.3. The number of halogens is 4. The minimum absolute atomic E-state index is 0.140. The van der Waals surface area contributed by atoms with Gasteiger partial charge < -0.3 is 15.4 Å². The second-order valence-corrected chi connectivity index (χ2v) is 6.98. The molecule has 0 spiro atoms. The molecule has 0 unspecified atom stereocenters. The van der Waals surface area contributed by atoms with Crippen molar-refractivity contribution < 1.29 is 17.9 Å². The van der Waals surface area contributed by atoms with Crippen LogP contribution in [0.3, 0.4) is 0 Å². The van der Waals surface area contributed by atoms with E-state index in [1.165, 1.54) is 18.2 Å². The fourth-order valence-electron chi connectivity index (χ4n) is 2.69. The van der Waals surface area contributed by atoms with Crippen LogP contribution in [0.15, 0.2) is 71.5 Å². The Morgan fingerprint density at radius 2 is 1.73 bits per heavy atom. The van der Waals surface area contributed by atoms with E-state index in [0.29, 0.717) is 11.5 Å². The minimum atomic E-state index is -4.77. The number of hydrogen-bond acceptors (Lipinski definition) is 6. The summed E-state index contributed by atoms with van der Waals surface area (Å²) in [4.78, 5) is 12.9. The van der Waals surface area contributed by atoms with Crippen molar-refractivity contribution in [1.82, 2.24) is 15.0 Å². The first-order valence-electron chi connectivity index (χ1n) is 8.63. The number of pyridine rings is 1. The van der Waals surface area contributed by atoms with Crippen LogP contribution in [0.25, 0.3) is 10.9 Å². The van der Waals surface area contributed by atoms with Crippen molar-refractivity contribution in [3.63, 3.8) is 0 Å². The van der Waals surface area contributed by atoms with Crippen LogP contribution in [-0.4, -0.2) is 21.3 Å². The number of nitrogens with one attached hydrogen (secondary N) is 2. The van der Waals surface area contributed by atoms with E-state index < -0.39 is 6.36 Å². The summed E-state index contributed by atoms with van der Waals surface area (Å²) in [5.74, 6) is 0.457. The molecule has 152 valence electrons. The van der Waals surface area contributed by atoms with Crippen molar-refractivity contribution in [3.05, 3.63) is 71.5 Å². The fourth-order valence-corrected chi connectivity index (χ4v) is 3.15. The highest BCUT2D eigenvalue weighted by atomic mass is 79.9. The Kier molecular flexibility index (Phi) is 5.40. The zero-order chi connectivity index (χ0) is 21.1. The van der Waals surface area contributed by atoms with E-state index in [2.05, 4.69) is 46.3 Å². The monoisotopic (exact) mass is 475 g/mol. The summed E-state index contributed by atoms with van der Waals surface area (Å²) in [6, 6.07) is 15.5. The van der Waals surface area contributed by atoms with Crippen molar-refractivity contribution in [1.29, 1.82) is 0 Å². The second-order valence-electron chi connectivity index (χ2n) is 6.13. The third-order valence-electron chi connectivity index (χ3n) is 3.93. The van der Waals surface area contributed by atoms with Gasteiger partial charge in [0.15, 0.2) is 0 Å². The first-order chi connectivity index (χ1) is 14.4. The maximum absolute atomic E-state index is 12.4. The molecule has 0 aliphatic rings. The quantitative estimate of drug-likeness (QED) is 0.359. The van der Waals surface area contributed by atoms with Gasteiger partial charge in [0, 0.05) is 17.3 Å². The Hall–Kier alpha value is -3.40. The molecule has 2 N–H and O–H groups in total.